The molecule has 0 aliphatic rings. The van der Waals surface area contributed by atoms with E-state index in [4.69, 9.17) is 4.74 Å². The van der Waals surface area contributed by atoms with Gasteiger partial charge < -0.3 is 10.1 Å². The fourth-order valence-electron chi connectivity index (χ4n) is 2.01. The van der Waals surface area contributed by atoms with Crippen LogP contribution in [0.2, 0.25) is 0 Å². The Balaban J connectivity index is 2.01. The standard InChI is InChI=1S/C15H18BrNOS/c1-10(12-4-6-13(18-3)7-5-12)17-11(2)14-8-9-15(16)19-14/h4-11,17H,1-3H3/t10-,11?/m0/s1. The number of halogens is 1. The third-order valence-electron chi connectivity index (χ3n) is 3.14. The number of thiophene rings is 1. The van der Waals surface area contributed by atoms with Crippen LogP contribution >= 0.6 is 27.3 Å². The lowest BCUT2D eigenvalue weighted by Gasteiger charge is -2.19. The molecule has 1 aromatic heterocycles. The van der Waals surface area contributed by atoms with Crippen molar-refractivity contribution < 1.29 is 4.74 Å². The molecule has 4 heteroatoms. The zero-order chi connectivity index (χ0) is 13.8. The van der Waals surface area contributed by atoms with Crippen molar-refractivity contribution in [2.24, 2.45) is 0 Å². The lowest BCUT2D eigenvalue weighted by Crippen LogP contribution is -2.21. The van der Waals surface area contributed by atoms with Gasteiger partial charge in [0, 0.05) is 17.0 Å². The molecule has 0 aliphatic carbocycles. The minimum Gasteiger partial charge on any atom is -0.497 e. The predicted octanol–water partition coefficient (Wildman–Crippen LogP) is 4.93. The Kier molecular flexibility index (Phi) is 5.02. The molecule has 0 fully saturated rings. The molecule has 1 unspecified atom stereocenters. The van der Waals surface area contributed by atoms with Crippen molar-refractivity contribution in [2.45, 2.75) is 25.9 Å². The van der Waals surface area contributed by atoms with E-state index in [9.17, 15) is 0 Å². The summed E-state index contributed by atoms with van der Waals surface area (Å²) in [7, 11) is 1.69. The van der Waals surface area contributed by atoms with Crippen LogP contribution in [0.5, 0.6) is 5.75 Å². The Morgan fingerprint density at radius 3 is 2.26 bits per heavy atom. The van der Waals surface area contributed by atoms with E-state index in [1.54, 1.807) is 18.4 Å². The summed E-state index contributed by atoms with van der Waals surface area (Å²) in [5.74, 6) is 0.895. The molecule has 0 radical (unpaired) electrons. The normalized spacial score (nSPS) is 14.1. The predicted molar refractivity (Wildman–Crippen MR) is 85.0 cm³/mol. The molecular weight excluding hydrogens is 322 g/mol. The highest BCUT2D eigenvalue weighted by atomic mass is 79.9. The second-order valence-electron chi connectivity index (χ2n) is 4.53. The van der Waals surface area contributed by atoms with E-state index in [-0.39, 0.29) is 0 Å². The Bertz CT molecular complexity index is 523. The van der Waals surface area contributed by atoms with Crippen LogP contribution < -0.4 is 10.1 Å². The second-order valence-corrected chi connectivity index (χ2v) is 7.02. The molecule has 19 heavy (non-hydrogen) atoms. The topological polar surface area (TPSA) is 21.3 Å². The molecule has 0 saturated heterocycles. The lowest BCUT2D eigenvalue weighted by atomic mass is 10.1. The van der Waals surface area contributed by atoms with Crippen molar-refractivity contribution in [3.63, 3.8) is 0 Å². The van der Waals surface area contributed by atoms with Gasteiger partial charge in [-0.25, -0.2) is 0 Å². The number of benzene rings is 1. The summed E-state index contributed by atoms with van der Waals surface area (Å²) in [6.07, 6.45) is 0. The van der Waals surface area contributed by atoms with Gasteiger partial charge in [-0.3, -0.25) is 0 Å². The number of hydrogen-bond donors (Lipinski definition) is 1. The molecule has 0 spiro atoms. The van der Waals surface area contributed by atoms with Gasteiger partial charge in [0.25, 0.3) is 0 Å². The molecule has 1 heterocycles. The molecule has 2 nitrogen and oxygen atoms in total. The van der Waals surface area contributed by atoms with Gasteiger partial charge in [0.15, 0.2) is 0 Å². The van der Waals surface area contributed by atoms with Crippen molar-refractivity contribution in [1.82, 2.24) is 5.32 Å². The molecule has 0 amide bonds. The number of methoxy groups -OCH3 is 1. The molecule has 2 rings (SSSR count). The molecular formula is C15H18BrNOS. The molecule has 2 atom stereocenters. The summed E-state index contributed by atoms with van der Waals surface area (Å²) in [4.78, 5) is 1.34. The maximum absolute atomic E-state index is 5.18. The largest absolute Gasteiger partial charge is 0.497 e. The molecule has 2 aromatic rings. The Morgan fingerprint density at radius 1 is 1.05 bits per heavy atom. The van der Waals surface area contributed by atoms with Gasteiger partial charge in [-0.05, 0) is 59.6 Å². The van der Waals surface area contributed by atoms with E-state index in [1.165, 1.54) is 14.2 Å². The van der Waals surface area contributed by atoms with Gasteiger partial charge in [0.1, 0.15) is 5.75 Å². The van der Waals surface area contributed by atoms with Gasteiger partial charge in [-0.1, -0.05) is 12.1 Å². The van der Waals surface area contributed by atoms with Crippen LogP contribution in [0.3, 0.4) is 0 Å². The molecule has 102 valence electrons. The number of nitrogens with one attached hydrogen (secondary N) is 1. The summed E-state index contributed by atoms with van der Waals surface area (Å²) >= 11 is 5.28. The van der Waals surface area contributed by atoms with Crippen LogP contribution in [0.4, 0.5) is 0 Å². The van der Waals surface area contributed by atoms with Crippen molar-refractivity contribution in [3.05, 3.63) is 50.6 Å². The molecule has 1 N–H and O–H groups in total. The van der Waals surface area contributed by atoms with Crippen LogP contribution in [-0.4, -0.2) is 7.11 Å². The van der Waals surface area contributed by atoms with Crippen LogP contribution in [-0.2, 0) is 0 Å². The zero-order valence-electron chi connectivity index (χ0n) is 11.3. The average molecular weight is 340 g/mol. The maximum atomic E-state index is 5.18. The van der Waals surface area contributed by atoms with Gasteiger partial charge in [0.05, 0.1) is 10.9 Å². The highest BCUT2D eigenvalue weighted by Gasteiger charge is 2.12. The van der Waals surface area contributed by atoms with E-state index in [2.05, 4.69) is 59.4 Å². The lowest BCUT2D eigenvalue weighted by molar-refractivity contribution is 0.414. The number of rotatable bonds is 5. The van der Waals surface area contributed by atoms with Gasteiger partial charge >= 0.3 is 0 Å². The van der Waals surface area contributed by atoms with E-state index in [0.29, 0.717) is 12.1 Å². The van der Waals surface area contributed by atoms with Crippen LogP contribution in [0.1, 0.15) is 36.4 Å². The van der Waals surface area contributed by atoms with E-state index in [0.717, 1.165) is 5.75 Å². The highest BCUT2D eigenvalue weighted by molar-refractivity contribution is 9.11. The van der Waals surface area contributed by atoms with Gasteiger partial charge in [0.2, 0.25) is 0 Å². The minimum atomic E-state index is 0.307. The van der Waals surface area contributed by atoms with E-state index >= 15 is 0 Å². The van der Waals surface area contributed by atoms with Crippen LogP contribution in [0.15, 0.2) is 40.2 Å². The van der Waals surface area contributed by atoms with Crippen LogP contribution in [0.25, 0.3) is 0 Å². The summed E-state index contributed by atoms with van der Waals surface area (Å²) in [5.41, 5.74) is 1.27. The SMILES string of the molecule is COc1ccc([C@H](C)NC(C)c2ccc(Br)s2)cc1. The van der Waals surface area contributed by atoms with E-state index < -0.39 is 0 Å². The van der Waals surface area contributed by atoms with Gasteiger partial charge in [-0.15, -0.1) is 11.3 Å². The summed E-state index contributed by atoms with van der Waals surface area (Å²) in [5, 5.41) is 3.61. The van der Waals surface area contributed by atoms with Crippen LogP contribution in [0, 0.1) is 0 Å². The number of hydrogen-bond acceptors (Lipinski definition) is 3. The molecule has 0 saturated carbocycles. The van der Waals surface area contributed by atoms with Crippen molar-refractivity contribution in [1.29, 1.82) is 0 Å². The Labute approximate surface area is 126 Å². The first-order valence-corrected chi connectivity index (χ1v) is 7.86. The highest BCUT2D eigenvalue weighted by Crippen LogP contribution is 2.29. The quantitative estimate of drug-likeness (QED) is 0.833. The minimum absolute atomic E-state index is 0.307. The van der Waals surface area contributed by atoms with Crippen molar-refractivity contribution >= 4 is 27.3 Å². The third kappa shape index (κ3) is 3.81. The summed E-state index contributed by atoms with van der Waals surface area (Å²) < 4.78 is 6.35. The average Bonchev–Trinajstić information content (AvgIpc) is 2.85. The second kappa shape index (κ2) is 6.55. The zero-order valence-corrected chi connectivity index (χ0v) is 13.7. The van der Waals surface area contributed by atoms with Gasteiger partial charge in [-0.2, -0.15) is 0 Å². The molecule has 0 aliphatic heterocycles. The van der Waals surface area contributed by atoms with E-state index in [1.807, 2.05) is 12.1 Å². The monoisotopic (exact) mass is 339 g/mol. The van der Waals surface area contributed by atoms with Crippen molar-refractivity contribution in [3.8, 4) is 5.75 Å². The molecule has 0 bridgehead atoms. The Morgan fingerprint density at radius 2 is 1.74 bits per heavy atom. The smallest absolute Gasteiger partial charge is 0.118 e. The first-order valence-electron chi connectivity index (χ1n) is 6.25. The first-order chi connectivity index (χ1) is 9.10. The fraction of sp³-hybridized carbons (Fsp3) is 0.333. The first kappa shape index (κ1) is 14.6. The Hall–Kier alpha value is -0.840. The maximum Gasteiger partial charge on any atom is 0.118 e. The fourth-order valence-corrected chi connectivity index (χ4v) is 3.44. The third-order valence-corrected chi connectivity index (χ3v) is 4.94. The summed E-state index contributed by atoms with van der Waals surface area (Å²) in [6.45, 7) is 4.37. The summed E-state index contributed by atoms with van der Waals surface area (Å²) in [6, 6.07) is 13.1. The number of ether oxygens (including phenoxy) is 1. The van der Waals surface area contributed by atoms with Crippen molar-refractivity contribution in [2.75, 3.05) is 7.11 Å². The molecule has 1 aromatic carbocycles.